The van der Waals surface area contributed by atoms with E-state index >= 15 is 0 Å². The van der Waals surface area contributed by atoms with Crippen molar-refractivity contribution in [2.75, 3.05) is 19.0 Å². The van der Waals surface area contributed by atoms with Crippen LogP contribution in [0.15, 0.2) is 65.1 Å². The number of allylic oxidation sites excluding steroid dienone is 4. The summed E-state index contributed by atoms with van der Waals surface area (Å²) in [5.74, 6) is 1.15. The molecule has 0 aromatic heterocycles. The van der Waals surface area contributed by atoms with Crippen molar-refractivity contribution in [1.29, 1.82) is 0 Å². The van der Waals surface area contributed by atoms with Gasteiger partial charge in [0, 0.05) is 42.7 Å². The van der Waals surface area contributed by atoms with Crippen LogP contribution in [-0.2, 0) is 19.1 Å². The van der Waals surface area contributed by atoms with Gasteiger partial charge in [-0.05, 0) is 40.7 Å². The Kier molecular flexibility index (Phi) is 7.29. The van der Waals surface area contributed by atoms with E-state index in [0.29, 0.717) is 70.6 Å². The van der Waals surface area contributed by atoms with Crippen molar-refractivity contribution >= 4 is 34.8 Å². The predicted molar refractivity (Wildman–Crippen MR) is 152 cm³/mol. The number of ether oxygens (including phenoxy) is 3. The van der Waals surface area contributed by atoms with Gasteiger partial charge in [-0.1, -0.05) is 57.5 Å². The number of halogens is 1. The zero-order valence-corrected chi connectivity index (χ0v) is 24.2. The number of carbonyl (C=O) groups is 3. The Morgan fingerprint density at radius 1 is 0.925 bits per heavy atom. The number of anilines is 1. The number of Topliss-reactive ketones (excluding diaryl/α,β-unsaturated/α-hetero) is 2. The SMILES string of the molecule is COc1cc(C2C3=C(CC(C)(C)CC3=O)OC3=C2C(=O)CC(C)(C)C3)ccc1OCC(=O)Nc1ccccc1Cl. The van der Waals surface area contributed by atoms with Crippen LogP contribution in [0.4, 0.5) is 5.69 Å². The highest BCUT2D eigenvalue weighted by atomic mass is 35.5. The molecule has 1 N–H and O–H groups in total. The number of amides is 1. The smallest absolute Gasteiger partial charge is 0.262 e. The van der Waals surface area contributed by atoms with E-state index in [9.17, 15) is 14.4 Å². The number of hydrogen-bond donors (Lipinski definition) is 1. The molecule has 2 aromatic carbocycles. The number of benzene rings is 2. The minimum atomic E-state index is -0.544. The van der Waals surface area contributed by atoms with Crippen LogP contribution in [-0.4, -0.2) is 31.2 Å². The molecule has 210 valence electrons. The van der Waals surface area contributed by atoms with Gasteiger partial charge in [0.15, 0.2) is 29.7 Å². The van der Waals surface area contributed by atoms with Gasteiger partial charge in [-0.25, -0.2) is 0 Å². The molecule has 0 saturated heterocycles. The van der Waals surface area contributed by atoms with Gasteiger partial charge >= 0.3 is 0 Å². The van der Waals surface area contributed by atoms with Crippen LogP contribution in [0, 0.1) is 10.8 Å². The normalized spacial score (nSPS) is 19.9. The molecule has 0 saturated carbocycles. The predicted octanol–water partition coefficient (Wildman–Crippen LogP) is 6.77. The molecule has 8 heteroatoms. The second-order valence-corrected chi connectivity index (χ2v) is 12.7. The fourth-order valence-corrected chi connectivity index (χ4v) is 6.07. The lowest BCUT2D eigenvalue weighted by molar-refractivity contribution is -0.120. The van der Waals surface area contributed by atoms with Crippen LogP contribution in [0.2, 0.25) is 5.02 Å². The van der Waals surface area contributed by atoms with Crippen molar-refractivity contribution in [3.63, 3.8) is 0 Å². The van der Waals surface area contributed by atoms with Gasteiger partial charge in [0.2, 0.25) is 0 Å². The molecule has 2 aromatic rings. The molecular weight excluding hydrogens is 530 g/mol. The molecule has 3 aliphatic rings. The maximum atomic E-state index is 13.5. The van der Waals surface area contributed by atoms with Gasteiger partial charge in [0.1, 0.15) is 11.5 Å². The summed E-state index contributed by atoms with van der Waals surface area (Å²) in [5.41, 5.74) is 1.89. The Balaban J connectivity index is 1.47. The molecule has 0 unspecified atom stereocenters. The molecule has 1 aliphatic heterocycles. The lowest BCUT2D eigenvalue weighted by Crippen LogP contribution is -2.37. The topological polar surface area (TPSA) is 90.9 Å². The van der Waals surface area contributed by atoms with Crippen LogP contribution < -0.4 is 14.8 Å². The van der Waals surface area contributed by atoms with Crippen LogP contribution in [0.5, 0.6) is 11.5 Å². The van der Waals surface area contributed by atoms with Gasteiger partial charge in [0.25, 0.3) is 5.91 Å². The number of hydrogen-bond acceptors (Lipinski definition) is 6. The van der Waals surface area contributed by atoms with Gasteiger partial charge in [-0.2, -0.15) is 0 Å². The monoisotopic (exact) mass is 563 g/mol. The summed E-state index contributed by atoms with van der Waals surface area (Å²) in [4.78, 5) is 39.6. The number of carbonyl (C=O) groups excluding carboxylic acids is 3. The lowest BCUT2D eigenvalue weighted by Gasteiger charge is -2.42. The van der Waals surface area contributed by atoms with Gasteiger partial charge in [-0.15, -0.1) is 0 Å². The third-order valence-corrected chi connectivity index (χ3v) is 7.94. The molecule has 0 atom stereocenters. The van der Waals surface area contributed by atoms with E-state index in [1.807, 2.05) is 6.07 Å². The standard InChI is InChI=1S/C32H34ClNO6/c1-31(2)13-21(35)29-25(15-31)40-26-16-32(3,4)14-22(36)30(26)28(29)18-10-11-23(24(12-18)38-5)39-17-27(37)34-20-9-7-6-8-19(20)33/h6-12,28H,13-17H2,1-5H3,(H,34,37). The van der Waals surface area contributed by atoms with Crippen molar-refractivity contribution in [2.24, 2.45) is 10.8 Å². The summed E-state index contributed by atoms with van der Waals surface area (Å²) in [6.45, 7) is 7.98. The Morgan fingerprint density at radius 2 is 1.52 bits per heavy atom. The molecule has 0 spiro atoms. The van der Waals surface area contributed by atoms with Crippen LogP contribution in [0.25, 0.3) is 0 Å². The molecule has 40 heavy (non-hydrogen) atoms. The zero-order chi connectivity index (χ0) is 28.8. The molecule has 1 amide bonds. The molecule has 7 nitrogen and oxygen atoms in total. The van der Waals surface area contributed by atoms with Gasteiger partial charge in [0.05, 0.1) is 17.8 Å². The molecular formula is C32H34ClNO6. The molecule has 0 bridgehead atoms. The second kappa shape index (κ2) is 10.4. The summed E-state index contributed by atoms with van der Waals surface area (Å²) < 4.78 is 17.8. The second-order valence-electron chi connectivity index (χ2n) is 12.3. The summed E-state index contributed by atoms with van der Waals surface area (Å²) in [6.07, 6.45) is 2.00. The van der Waals surface area contributed by atoms with E-state index in [0.717, 1.165) is 5.56 Å². The van der Waals surface area contributed by atoms with Crippen molar-refractivity contribution in [3.8, 4) is 11.5 Å². The van der Waals surface area contributed by atoms with E-state index in [-0.39, 0.29) is 34.9 Å². The first-order valence-electron chi connectivity index (χ1n) is 13.4. The Labute approximate surface area is 239 Å². The van der Waals surface area contributed by atoms with Gasteiger partial charge < -0.3 is 19.5 Å². The molecule has 2 aliphatic carbocycles. The maximum Gasteiger partial charge on any atom is 0.262 e. The van der Waals surface area contributed by atoms with E-state index in [4.69, 9.17) is 25.8 Å². The largest absolute Gasteiger partial charge is 0.493 e. The number of methoxy groups -OCH3 is 1. The van der Waals surface area contributed by atoms with E-state index in [1.54, 1.807) is 36.4 Å². The first-order chi connectivity index (χ1) is 18.9. The highest BCUT2D eigenvalue weighted by molar-refractivity contribution is 6.33. The average Bonchev–Trinajstić information content (AvgIpc) is 2.86. The van der Waals surface area contributed by atoms with E-state index in [1.165, 1.54) is 7.11 Å². The molecule has 0 fully saturated rings. The summed E-state index contributed by atoms with van der Waals surface area (Å²) >= 11 is 6.13. The number of ketones is 2. The van der Waals surface area contributed by atoms with Gasteiger partial charge in [-0.3, -0.25) is 14.4 Å². The highest BCUT2D eigenvalue weighted by Crippen LogP contribution is 2.53. The zero-order valence-electron chi connectivity index (χ0n) is 23.5. The first-order valence-corrected chi connectivity index (χ1v) is 13.8. The summed E-state index contributed by atoms with van der Waals surface area (Å²) in [7, 11) is 1.51. The minimum Gasteiger partial charge on any atom is -0.493 e. The molecule has 5 rings (SSSR count). The first kappa shape index (κ1) is 28.0. The minimum absolute atomic E-state index is 0.00373. The Morgan fingerprint density at radius 3 is 2.10 bits per heavy atom. The van der Waals surface area contributed by atoms with Crippen LogP contribution in [0.1, 0.15) is 64.9 Å². The number of rotatable bonds is 6. The molecule has 1 heterocycles. The summed E-state index contributed by atoms with van der Waals surface area (Å²) in [6, 6.07) is 12.3. The quantitative estimate of drug-likeness (QED) is 0.417. The number of para-hydroxylation sites is 1. The van der Waals surface area contributed by atoms with Crippen molar-refractivity contribution in [2.45, 2.75) is 59.3 Å². The average molecular weight is 564 g/mol. The number of nitrogens with one attached hydrogen (secondary N) is 1. The van der Waals surface area contributed by atoms with Crippen molar-refractivity contribution in [3.05, 3.63) is 75.7 Å². The van der Waals surface area contributed by atoms with Crippen LogP contribution in [0.3, 0.4) is 0 Å². The maximum absolute atomic E-state index is 13.5. The van der Waals surface area contributed by atoms with E-state index in [2.05, 4.69) is 33.0 Å². The van der Waals surface area contributed by atoms with Crippen LogP contribution >= 0.6 is 11.6 Å². The van der Waals surface area contributed by atoms with E-state index < -0.39 is 5.92 Å². The third-order valence-electron chi connectivity index (χ3n) is 7.61. The molecule has 0 radical (unpaired) electrons. The third kappa shape index (κ3) is 5.52. The lowest BCUT2D eigenvalue weighted by atomic mass is 9.65. The fourth-order valence-electron chi connectivity index (χ4n) is 5.88. The summed E-state index contributed by atoms with van der Waals surface area (Å²) in [5, 5.41) is 3.16. The van der Waals surface area contributed by atoms with Crippen molar-refractivity contribution in [1.82, 2.24) is 0 Å². The highest BCUT2D eigenvalue weighted by Gasteiger charge is 2.47. The fraction of sp³-hybridized carbons (Fsp3) is 0.406. The Bertz CT molecular complexity index is 1420. The Hall–Kier alpha value is -3.58. The van der Waals surface area contributed by atoms with Crippen molar-refractivity contribution < 1.29 is 28.6 Å².